The lowest BCUT2D eigenvalue weighted by atomic mass is 10.5. The van der Waals surface area contributed by atoms with Crippen molar-refractivity contribution in [3.05, 3.63) is 5.01 Å². The lowest BCUT2D eigenvalue weighted by Crippen LogP contribution is -2.26. The van der Waals surface area contributed by atoms with Crippen molar-refractivity contribution in [1.82, 2.24) is 15.1 Å². The van der Waals surface area contributed by atoms with Crippen molar-refractivity contribution < 1.29 is 4.79 Å². The smallest absolute Gasteiger partial charge is 0.236 e. The van der Waals surface area contributed by atoms with Gasteiger partial charge < -0.3 is 4.90 Å². The van der Waals surface area contributed by atoms with Crippen molar-refractivity contribution in [2.24, 2.45) is 0 Å². The van der Waals surface area contributed by atoms with Crippen LogP contribution in [-0.2, 0) is 4.79 Å². The van der Waals surface area contributed by atoms with E-state index in [1.807, 2.05) is 0 Å². The Hall–Kier alpha value is -0.660. The van der Waals surface area contributed by atoms with Gasteiger partial charge in [0.05, 0.1) is 5.75 Å². The molecule has 1 aliphatic carbocycles. The quantitative estimate of drug-likeness (QED) is 0.709. The molecule has 1 aliphatic rings. The zero-order valence-corrected chi connectivity index (χ0v) is 13.7. The van der Waals surface area contributed by atoms with Gasteiger partial charge in [0.1, 0.15) is 5.01 Å². The summed E-state index contributed by atoms with van der Waals surface area (Å²) in [6.45, 7) is 7.49. The van der Waals surface area contributed by atoms with E-state index in [9.17, 15) is 4.79 Å². The summed E-state index contributed by atoms with van der Waals surface area (Å²) >= 11 is 3.18. The average Bonchev–Trinajstić information content (AvgIpc) is 3.20. The first-order chi connectivity index (χ1) is 9.72. The van der Waals surface area contributed by atoms with Gasteiger partial charge in [-0.05, 0) is 25.9 Å². The van der Waals surface area contributed by atoms with Gasteiger partial charge in [-0.1, -0.05) is 25.2 Å². The highest BCUT2D eigenvalue weighted by Crippen LogP contribution is 2.41. The number of rotatable bonds is 9. The van der Waals surface area contributed by atoms with Crippen LogP contribution in [0.2, 0.25) is 0 Å². The third-order valence-corrected chi connectivity index (χ3v) is 5.23. The fourth-order valence-electron chi connectivity index (χ4n) is 1.83. The molecule has 0 bridgehead atoms. The van der Waals surface area contributed by atoms with Gasteiger partial charge in [0.15, 0.2) is 0 Å². The predicted molar refractivity (Wildman–Crippen MR) is 85.6 cm³/mol. The van der Waals surface area contributed by atoms with E-state index in [1.54, 1.807) is 11.8 Å². The zero-order valence-electron chi connectivity index (χ0n) is 12.1. The van der Waals surface area contributed by atoms with Gasteiger partial charge in [-0.15, -0.1) is 10.2 Å². The van der Waals surface area contributed by atoms with E-state index >= 15 is 0 Å². The van der Waals surface area contributed by atoms with Gasteiger partial charge in [0.2, 0.25) is 11.0 Å². The second-order valence-corrected chi connectivity index (χ2v) is 6.96. The molecule has 1 N–H and O–H groups in total. The highest BCUT2D eigenvalue weighted by molar-refractivity contribution is 7.99. The summed E-state index contributed by atoms with van der Waals surface area (Å²) in [6, 6.07) is 0. The van der Waals surface area contributed by atoms with Gasteiger partial charge in [0, 0.05) is 18.2 Å². The van der Waals surface area contributed by atoms with Crippen LogP contribution in [0.25, 0.3) is 0 Å². The maximum absolute atomic E-state index is 11.8. The van der Waals surface area contributed by atoms with Crippen LogP contribution in [0.3, 0.4) is 0 Å². The first-order valence-corrected chi connectivity index (χ1v) is 9.13. The van der Waals surface area contributed by atoms with Crippen LogP contribution in [0.4, 0.5) is 5.13 Å². The molecule has 5 nitrogen and oxygen atoms in total. The summed E-state index contributed by atoms with van der Waals surface area (Å²) in [5.41, 5.74) is 0. The molecule has 1 fully saturated rings. The van der Waals surface area contributed by atoms with E-state index in [0.29, 0.717) is 16.8 Å². The van der Waals surface area contributed by atoms with Crippen molar-refractivity contribution >= 4 is 34.1 Å². The number of thioether (sulfide) groups is 1. The van der Waals surface area contributed by atoms with Crippen LogP contribution in [0, 0.1) is 0 Å². The minimum absolute atomic E-state index is 0.0213. The summed E-state index contributed by atoms with van der Waals surface area (Å²) < 4.78 is 0. The molecular formula is C13H22N4OS2. The largest absolute Gasteiger partial charge is 0.303 e. The summed E-state index contributed by atoms with van der Waals surface area (Å²) in [5.74, 6) is 2.09. The number of nitrogens with zero attached hydrogens (tertiary/aromatic N) is 3. The molecule has 1 amide bonds. The van der Waals surface area contributed by atoms with Crippen LogP contribution in [-0.4, -0.2) is 52.1 Å². The molecule has 0 radical (unpaired) electrons. The standard InChI is InChI=1S/C13H22N4OS2/c1-3-17(4-2)7-8-19-9-11(18)14-13-16-15-12(20-13)10-5-6-10/h10H,3-9H2,1-2H3,(H,14,16,18). The highest BCUT2D eigenvalue weighted by Gasteiger charge is 2.27. The molecule has 0 spiro atoms. The van der Waals surface area contributed by atoms with Crippen LogP contribution < -0.4 is 5.32 Å². The molecule has 0 aliphatic heterocycles. The number of hydrogen-bond donors (Lipinski definition) is 1. The molecular weight excluding hydrogens is 292 g/mol. The number of hydrogen-bond acceptors (Lipinski definition) is 6. The minimum Gasteiger partial charge on any atom is -0.303 e. The Kier molecular flexibility index (Phi) is 6.25. The first-order valence-electron chi connectivity index (χ1n) is 7.16. The Morgan fingerprint density at radius 3 is 2.80 bits per heavy atom. The molecule has 1 aromatic heterocycles. The van der Waals surface area contributed by atoms with Crippen molar-refractivity contribution in [3.8, 4) is 0 Å². The molecule has 0 aromatic carbocycles. The third-order valence-electron chi connectivity index (χ3n) is 3.29. The van der Waals surface area contributed by atoms with Crippen molar-refractivity contribution in [3.63, 3.8) is 0 Å². The second-order valence-electron chi connectivity index (χ2n) is 4.85. The number of amides is 1. The van der Waals surface area contributed by atoms with Gasteiger partial charge >= 0.3 is 0 Å². The molecule has 1 aromatic rings. The second kappa shape index (κ2) is 7.95. The van der Waals surface area contributed by atoms with Gasteiger partial charge in [-0.2, -0.15) is 11.8 Å². The summed E-state index contributed by atoms with van der Waals surface area (Å²) in [7, 11) is 0. The van der Waals surface area contributed by atoms with Crippen LogP contribution in [0.1, 0.15) is 37.6 Å². The number of carbonyl (C=O) groups is 1. The number of anilines is 1. The fraction of sp³-hybridized carbons (Fsp3) is 0.769. The third kappa shape index (κ3) is 5.03. The average molecular weight is 314 g/mol. The van der Waals surface area contributed by atoms with E-state index in [0.717, 1.165) is 30.4 Å². The lowest BCUT2D eigenvalue weighted by Gasteiger charge is -2.17. The monoisotopic (exact) mass is 314 g/mol. The van der Waals surface area contributed by atoms with Gasteiger partial charge in [0.25, 0.3) is 0 Å². The van der Waals surface area contributed by atoms with E-state index in [4.69, 9.17) is 0 Å². The SMILES string of the molecule is CCN(CC)CCSCC(=O)Nc1nnc(C2CC2)s1. The van der Waals surface area contributed by atoms with E-state index < -0.39 is 0 Å². The molecule has 7 heteroatoms. The number of nitrogens with one attached hydrogen (secondary N) is 1. The molecule has 20 heavy (non-hydrogen) atoms. The first kappa shape index (κ1) is 15.7. The lowest BCUT2D eigenvalue weighted by molar-refractivity contribution is -0.113. The van der Waals surface area contributed by atoms with Crippen molar-refractivity contribution in [2.45, 2.75) is 32.6 Å². The van der Waals surface area contributed by atoms with Gasteiger partial charge in [-0.25, -0.2) is 0 Å². The van der Waals surface area contributed by atoms with E-state index in [2.05, 4.69) is 34.3 Å². The molecule has 0 atom stereocenters. The molecule has 1 saturated carbocycles. The molecule has 112 valence electrons. The number of carbonyl (C=O) groups excluding carboxylic acids is 1. The summed E-state index contributed by atoms with van der Waals surface area (Å²) in [4.78, 5) is 14.1. The van der Waals surface area contributed by atoms with E-state index in [-0.39, 0.29) is 5.91 Å². The molecule has 0 saturated heterocycles. The van der Waals surface area contributed by atoms with Crippen molar-refractivity contribution in [2.75, 3.05) is 36.5 Å². The highest BCUT2D eigenvalue weighted by atomic mass is 32.2. The Morgan fingerprint density at radius 2 is 2.15 bits per heavy atom. The number of aromatic nitrogens is 2. The van der Waals surface area contributed by atoms with Gasteiger partial charge in [-0.3, -0.25) is 10.1 Å². The zero-order chi connectivity index (χ0) is 14.4. The molecule has 0 unspecified atom stereocenters. The Bertz CT molecular complexity index is 430. The molecule has 1 heterocycles. The van der Waals surface area contributed by atoms with Crippen LogP contribution in [0.15, 0.2) is 0 Å². The van der Waals surface area contributed by atoms with Crippen molar-refractivity contribution in [1.29, 1.82) is 0 Å². The minimum atomic E-state index is 0.0213. The van der Waals surface area contributed by atoms with E-state index in [1.165, 1.54) is 24.2 Å². The maximum Gasteiger partial charge on any atom is 0.236 e. The Labute approximate surface area is 128 Å². The topological polar surface area (TPSA) is 58.1 Å². The Balaban J connectivity index is 1.62. The van der Waals surface area contributed by atoms with Crippen LogP contribution in [0.5, 0.6) is 0 Å². The predicted octanol–water partition coefficient (Wildman–Crippen LogP) is 2.43. The Morgan fingerprint density at radius 1 is 1.40 bits per heavy atom. The van der Waals surface area contributed by atoms with Crippen LogP contribution >= 0.6 is 23.1 Å². The summed E-state index contributed by atoms with van der Waals surface area (Å²) in [5, 5.41) is 12.7. The summed E-state index contributed by atoms with van der Waals surface area (Å²) in [6.07, 6.45) is 2.42. The molecule has 2 rings (SSSR count). The maximum atomic E-state index is 11.8. The normalized spacial score (nSPS) is 14.8. The fourth-order valence-corrected chi connectivity index (χ4v) is 3.55.